The number of nitrogens with zero attached hydrogens (tertiary/aromatic N) is 1. The molecular formula is C16H12F3N3O3S2. The molecule has 0 saturated heterocycles. The quantitative estimate of drug-likeness (QED) is 0.612. The van der Waals surface area contributed by atoms with Crippen LogP contribution in [-0.4, -0.2) is 24.4 Å². The Hall–Kier alpha value is -2.66. The molecule has 0 aliphatic heterocycles. The van der Waals surface area contributed by atoms with Crippen LogP contribution in [-0.2, 0) is 16.2 Å². The molecule has 1 aromatic carbocycles. The molecule has 0 aliphatic rings. The first-order valence-electron chi connectivity index (χ1n) is 7.43. The normalized spacial score (nSPS) is 12.1. The second-order valence-electron chi connectivity index (χ2n) is 5.52. The Balaban J connectivity index is 1.82. The van der Waals surface area contributed by atoms with Gasteiger partial charge in [-0.3, -0.25) is 14.6 Å². The first-order valence-corrected chi connectivity index (χ1v) is 9.73. The summed E-state index contributed by atoms with van der Waals surface area (Å²) >= 11 is 0.790. The summed E-state index contributed by atoms with van der Waals surface area (Å²) in [4.78, 5) is 11.5. The molecule has 2 aromatic heterocycles. The van der Waals surface area contributed by atoms with Gasteiger partial charge in [0.1, 0.15) is 15.6 Å². The Morgan fingerprint density at radius 2 is 1.81 bits per heavy atom. The van der Waals surface area contributed by atoms with Crippen molar-refractivity contribution in [3.05, 3.63) is 53.7 Å². The van der Waals surface area contributed by atoms with Crippen LogP contribution in [0.2, 0.25) is 0 Å². The van der Waals surface area contributed by atoms with Gasteiger partial charge in [-0.15, -0.1) is 11.3 Å². The van der Waals surface area contributed by atoms with Crippen molar-refractivity contribution in [2.75, 3.05) is 4.72 Å². The summed E-state index contributed by atoms with van der Waals surface area (Å²) in [6.45, 7) is 1.39. The van der Waals surface area contributed by atoms with E-state index in [-0.39, 0.29) is 26.3 Å². The second-order valence-corrected chi connectivity index (χ2v) is 8.52. The number of ketones is 1. The maximum Gasteiger partial charge on any atom is 0.432 e. The number of Topliss-reactive ketones (excluding diaryl/α,β-unsaturated/α-hetero) is 1. The molecule has 0 saturated carbocycles. The third kappa shape index (κ3) is 4.19. The fourth-order valence-corrected chi connectivity index (χ4v) is 4.50. The zero-order valence-corrected chi connectivity index (χ0v) is 15.3. The van der Waals surface area contributed by atoms with Crippen molar-refractivity contribution >= 4 is 32.8 Å². The van der Waals surface area contributed by atoms with Gasteiger partial charge in [-0.1, -0.05) is 0 Å². The van der Waals surface area contributed by atoms with Crippen LogP contribution < -0.4 is 4.72 Å². The lowest BCUT2D eigenvalue weighted by Gasteiger charge is -2.06. The highest BCUT2D eigenvalue weighted by molar-refractivity contribution is 7.94. The van der Waals surface area contributed by atoms with Crippen LogP contribution in [0.1, 0.15) is 23.0 Å². The molecular weight excluding hydrogens is 403 g/mol. The Kier molecular flexibility index (Phi) is 4.82. The minimum Gasteiger partial charge on any atom is -0.295 e. The van der Waals surface area contributed by atoms with Crippen molar-refractivity contribution in [3.8, 4) is 10.6 Å². The number of nitrogens with one attached hydrogen (secondary N) is 2. The Morgan fingerprint density at radius 3 is 2.37 bits per heavy atom. The van der Waals surface area contributed by atoms with Crippen LogP contribution in [0.15, 0.2) is 46.7 Å². The largest absolute Gasteiger partial charge is 0.432 e. The first-order chi connectivity index (χ1) is 12.6. The Morgan fingerprint density at radius 1 is 1.15 bits per heavy atom. The third-order valence-electron chi connectivity index (χ3n) is 3.53. The summed E-state index contributed by atoms with van der Waals surface area (Å²) in [6, 6.07) is 9.36. The molecule has 0 spiro atoms. The number of anilines is 1. The number of aromatic nitrogens is 2. The highest BCUT2D eigenvalue weighted by Gasteiger charge is 2.33. The molecule has 27 heavy (non-hydrogen) atoms. The van der Waals surface area contributed by atoms with E-state index in [9.17, 15) is 26.4 Å². The van der Waals surface area contributed by atoms with Crippen molar-refractivity contribution in [1.82, 2.24) is 10.2 Å². The predicted molar refractivity (Wildman–Crippen MR) is 94.2 cm³/mol. The number of aromatic amines is 1. The van der Waals surface area contributed by atoms with Crippen LogP contribution in [0, 0.1) is 0 Å². The van der Waals surface area contributed by atoms with Gasteiger partial charge in [-0.05, 0) is 49.4 Å². The summed E-state index contributed by atoms with van der Waals surface area (Å²) in [5.41, 5.74) is -0.317. The number of alkyl halides is 3. The van der Waals surface area contributed by atoms with Crippen molar-refractivity contribution in [2.45, 2.75) is 17.3 Å². The number of sulfonamides is 1. The Labute approximate surface area is 156 Å². The van der Waals surface area contributed by atoms with Gasteiger partial charge in [-0.25, -0.2) is 8.42 Å². The average molecular weight is 415 g/mol. The summed E-state index contributed by atoms with van der Waals surface area (Å²) < 4.78 is 65.1. The number of thiophene rings is 1. The number of halogens is 3. The monoisotopic (exact) mass is 415 g/mol. The topological polar surface area (TPSA) is 91.9 Å². The van der Waals surface area contributed by atoms with E-state index in [0.29, 0.717) is 5.56 Å². The first kappa shape index (κ1) is 19.1. The summed E-state index contributed by atoms with van der Waals surface area (Å²) in [5.74, 6) is -0.149. The average Bonchev–Trinajstić information content (AvgIpc) is 3.24. The van der Waals surface area contributed by atoms with Gasteiger partial charge in [-0.2, -0.15) is 18.3 Å². The SMILES string of the molecule is CC(=O)c1ccc(NS(=O)(=O)c2ccc(-c3cc(C(F)(F)F)[nH]n3)s2)cc1. The lowest BCUT2D eigenvalue weighted by Crippen LogP contribution is -2.11. The number of rotatable bonds is 5. The van der Waals surface area contributed by atoms with Crippen LogP contribution in [0.3, 0.4) is 0 Å². The maximum absolute atomic E-state index is 12.6. The van der Waals surface area contributed by atoms with Gasteiger partial charge in [0.15, 0.2) is 5.78 Å². The van der Waals surface area contributed by atoms with E-state index in [2.05, 4.69) is 9.82 Å². The number of hydrogen-bond acceptors (Lipinski definition) is 5. The molecule has 11 heteroatoms. The van der Waals surface area contributed by atoms with E-state index in [4.69, 9.17) is 0 Å². The smallest absolute Gasteiger partial charge is 0.295 e. The summed E-state index contributed by atoms with van der Waals surface area (Å²) in [5, 5.41) is 5.46. The van der Waals surface area contributed by atoms with E-state index in [1.165, 1.54) is 43.3 Å². The van der Waals surface area contributed by atoms with Gasteiger partial charge in [0.25, 0.3) is 10.0 Å². The van der Waals surface area contributed by atoms with Crippen LogP contribution in [0.5, 0.6) is 0 Å². The van der Waals surface area contributed by atoms with Crippen LogP contribution in [0.25, 0.3) is 10.6 Å². The van der Waals surface area contributed by atoms with Gasteiger partial charge in [0, 0.05) is 11.3 Å². The molecule has 0 radical (unpaired) electrons. The van der Waals surface area contributed by atoms with Crippen molar-refractivity contribution in [1.29, 1.82) is 0 Å². The van der Waals surface area contributed by atoms with Crippen LogP contribution in [0.4, 0.5) is 18.9 Å². The highest BCUT2D eigenvalue weighted by atomic mass is 32.2. The molecule has 0 aliphatic carbocycles. The van der Waals surface area contributed by atoms with E-state index in [0.717, 1.165) is 17.4 Å². The molecule has 0 fully saturated rings. The van der Waals surface area contributed by atoms with Gasteiger partial charge >= 0.3 is 6.18 Å². The zero-order valence-electron chi connectivity index (χ0n) is 13.7. The van der Waals surface area contributed by atoms with E-state index in [1.807, 2.05) is 5.10 Å². The molecule has 6 nitrogen and oxygen atoms in total. The fraction of sp³-hybridized carbons (Fsp3) is 0.125. The number of carbonyl (C=O) groups is 1. The van der Waals surface area contributed by atoms with Gasteiger partial charge in [0.2, 0.25) is 0 Å². The van der Waals surface area contributed by atoms with E-state index < -0.39 is 21.9 Å². The molecule has 0 atom stereocenters. The van der Waals surface area contributed by atoms with Crippen LogP contribution >= 0.6 is 11.3 Å². The molecule has 0 bridgehead atoms. The minimum absolute atomic E-state index is 0.000383. The fourth-order valence-electron chi connectivity index (χ4n) is 2.17. The standard InChI is InChI=1S/C16H12F3N3O3S2/c1-9(23)10-2-4-11(5-3-10)22-27(24,25)15-7-6-13(26-15)12-8-14(21-20-12)16(17,18)19/h2-8,22H,1H3,(H,20,21). The molecule has 3 rings (SSSR count). The summed E-state index contributed by atoms with van der Waals surface area (Å²) in [6.07, 6.45) is -4.56. The number of benzene rings is 1. The molecule has 2 N–H and O–H groups in total. The molecule has 0 amide bonds. The van der Waals surface area contributed by atoms with Crippen molar-refractivity contribution in [3.63, 3.8) is 0 Å². The number of hydrogen-bond donors (Lipinski definition) is 2. The zero-order chi connectivity index (χ0) is 19.8. The minimum atomic E-state index is -4.56. The van der Waals surface area contributed by atoms with Crippen molar-refractivity contribution < 1.29 is 26.4 Å². The van der Waals surface area contributed by atoms with E-state index in [1.54, 1.807) is 0 Å². The van der Waals surface area contributed by atoms with Gasteiger partial charge in [0.05, 0.1) is 4.88 Å². The Bertz CT molecular complexity index is 1080. The molecule has 3 aromatic rings. The summed E-state index contributed by atoms with van der Waals surface area (Å²) in [7, 11) is -3.93. The van der Waals surface area contributed by atoms with Crippen molar-refractivity contribution in [2.24, 2.45) is 0 Å². The second kappa shape index (κ2) is 6.82. The highest BCUT2D eigenvalue weighted by Crippen LogP contribution is 2.34. The predicted octanol–water partition coefficient (Wildman–Crippen LogP) is 4.16. The lowest BCUT2D eigenvalue weighted by molar-refractivity contribution is -0.141. The van der Waals surface area contributed by atoms with Gasteiger partial charge < -0.3 is 0 Å². The maximum atomic E-state index is 12.6. The van der Waals surface area contributed by atoms with E-state index >= 15 is 0 Å². The lowest BCUT2D eigenvalue weighted by atomic mass is 10.1. The molecule has 142 valence electrons. The molecule has 0 unspecified atom stereocenters. The molecule has 2 heterocycles. The number of H-pyrrole nitrogens is 1. The third-order valence-corrected chi connectivity index (χ3v) is 6.51. The number of carbonyl (C=O) groups excluding carboxylic acids is 1.